The zero-order chi connectivity index (χ0) is 18.1. The van der Waals surface area contributed by atoms with Crippen molar-refractivity contribution in [1.82, 2.24) is 9.88 Å². The largest absolute Gasteiger partial charge is 0.342 e. The van der Waals surface area contributed by atoms with Crippen LogP contribution < -0.4 is 5.32 Å². The lowest BCUT2D eigenvalue weighted by Crippen LogP contribution is -2.28. The summed E-state index contributed by atoms with van der Waals surface area (Å²) in [5.74, 6) is -0.361. The predicted molar refractivity (Wildman–Crippen MR) is 101 cm³/mol. The number of likely N-dealkylation sites (tertiary alicyclic amines) is 1. The maximum Gasteiger partial charge on any atom is 0.231 e. The summed E-state index contributed by atoms with van der Waals surface area (Å²) >= 11 is 1.48. The van der Waals surface area contributed by atoms with Crippen molar-refractivity contribution in [3.63, 3.8) is 0 Å². The first-order valence-corrected chi connectivity index (χ1v) is 9.34. The topological polar surface area (TPSA) is 62.3 Å². The molecule has 1 N–H and O–H groups in total. The van der Waals surface area contributed by atoms with Crippen molar-refractivity contribution in [2.24, 2.45) is 5.92 Å². The number of carbonyl (C=O) groups is 2. The second-order valence-corrected chi connectivity index (χ2v) is 7.77. The van der Waals surface area contributed by atoms with E-state index in [0.717, 1.165) is 21.7 Å². The first-order chi connectivity index (χ1) is 11.9. The third-order valence-corrected chi connectivity index (χ3v) is 5.53. The van der Waals surface area contributed by atoms with Crippen LogP contribution in [0, 0.1) is 26.7 Å². The van der Waals surface area contributed by atoms with Gasteiger partial charge in [-0.3, -0.25) is 9.59 Å². The zero-order valence-electron chi connectivity index (χ0n) is 15.0. The van der Waals surface area contributed by atoms with E-state index in [0.29, 0.717) is 18.2 Å². The molecule has 1 atom stereocenters. The van der Waals surface area contributed by atoms with Gasteiger partial charge in [-0.1, -0.05) is 17.7 Å². The summed E-state index contributed by atoms with van der Waals surface area (Å²) in [5.41, 5.74) is 4.36. The molecule has 2 aromatic rings. The smallest absolute Gasteiger partial charge is 0.231 e. The van der Waals surface area contributed by atoms with E-state index in [1.54, 1.807) is 4.90 Å². The summed E-state index contributed by atoms with van der Waals surface area (Å²) < 4.78 is 0. The van der Waals surface area contributed by atoms with Crippen molar-refractivity contribution >= 4 is 28.3 Å². The molecular formula is C19H23N3O2S. The Kier molecular flexibility index (Phi) is 4.90. The van der Waals surface area contributed by atoms with Crippen molar-refractivity contribution in [3.05, 3.63) is 34.2 Å². The second-order valence-electron chi connectivity index (χ2n) is 6.56. The van der Waals surface area contributed by atoms with Crippen molar-refractivity contribution in [2.45, 2.75) is 34.1 Å². The van der Waals surface area contributed by atoms with Crippen LogP contribution in [0.3, 0.4) is 0 Å². The first-order valence-electron chi connectivity index (χ1n) is 8.52. The summed E-state index contributed by atoms with van der Waals surface area (Å²) in [7, 11) is 0. The number of rotatable bonds is 4. The molecule has 0 saturated carbocycles. The SMILES string of the molecule is CCN1CC(C(=O)Nc2nc(-c3cc(C)ccc3C)c(C)s2)CC1=O. The molecule has 25 heavy (non-hydrogen) atoms. The van der Waals surface area contributed by atoms with Gasteiger partial charge in [-0.2, -0.15) is 0 Å². The zero-order valence-corrected chi connectivity index (χ0v) is 15.9. The molecule has 1 aliphatic rings. The van der Waals surface area contributed by atoms with Crippen LogP contribution in [0.25, 0.3) is 11.3 Å². The lowest BCUT2D eigenvalue weighted by molar-refractivity contribution is -0.128. The Morgan fingerprint density at radius 3 is 2.80 bits per heavy atom. The van der Waals surface area contributed by atoms with Gasteiger partial charge in [-0.25, -0.2) is 4.98 Å². The Balaban J connectivity index is 1.78. The molecule has 1 aromatic heterocycles. The van der Waals surface area contributed by atoms with Gasteiger partial charge in [0, 0.05) is 30.0 Å². The minimum atomic E-state index is -0.291. The number of carbonyl (C=O) groups excluding carboxylic acids is 2. The molecule has 0 bridgehead atoms. The van der Waals surface area contributed by atoms with Crippen LogP contribution in [0.15, 0.2) is 18.2 Å². The van der Waals surface area contributed by atoms with Crippen molar-refractivity contribution in [3.8, 4) is 11.3 Å². The van der Waals surface area contributed by atoms with E-state index in [-0.39, 0.29) is 24.2 Å². The van der Waals surface area contributed by atoms with Crippen molar-refractivity contribution in [1.29, 1.82) is 0 Å². The van der Waals surface area contributed by atoms with Crippen molar-refractivity contribution < 1.29 is 9.59 Å². The molecule has 132 valence electrons. The van der Waals surface area contributed by atoms with Crippen molar-refractivity contribution in [2.75, 3.05) is 18.4 Å². The van der Waals surface area contributed by atoms with E-state index in [2.05, 4.69) is 42.3 Å². The lowest BCUT2D eigenvalue weighted by atomic mass is 10.0. The number of hydrogen-bond acceptors (Lipinski definition) is 4. The molecule has 0 spiro atoms. The Hall–Kier alpha value is -2.21. The van der Waals surface area contributed by atoms with Gasteiger partial charge < -0.3 is 10.2 Å². The van der Waals surface area contributed by atoms with Crippen LogP contribution in [0.5, 0.6) is 0 Å². The quantitative estimate of drug-likeness (QED) is 0.910. The average molecular weight is 357 g/mol. The Morgan fingerprint density at radius 1 is 1.36 bits per heavy atom. The monoisotopic (exact) mass is 357 g/mol. The lowest BCUT2D eigenvalue weighted by Gasteiger charge is -2.12. The fraction of sp³-hybridized carbons (Fsp3) is 0.421. The average Bonchev–Trinajstić information content (AvgIpc) is 3.12. The van der Waals surface area contributed by atoms with E-state index in [1.807, 2.05) is 13.8 Å². The van der Waals surface area contributed by atoms with Gasteiger partial charge in [0.1, 0.15) is 0 Å². The summed E-state index contributed by atoms with van der Waals surface area (Å²) in [6.07, 6.45) is 0.286. The highest BCUT2D eigenvalue weighted by molar-refractivity contribution is 7.16. The van der Waals surface area contributed by atoms with E-state index < -0.39 is 0 Å². The molecule has 2 heterocycles. The molecule has 6 heteroatoms. The molecule has 0 radical (unpaired) electrons. The van der Waals surface area contributed by atoms with Crippen LogP contribution in [0.2, 0.25) is 0 Å². The highest BCUT2D eigenvalue weighted by Gasteiger charge is 2.33. The maximum absolute atomic E-state index is 12.5. The molecular weight excluding hydrogens is 334 g/mol. The summed E-state index contributed by atoms with van der Waals surface area (Å²) in [6.45, 7) is 9.21. The number of aromatic nitrogens is 1. The number of amides is 2. The summed E-state index contributed by atoms with van der Waals surface area (Å²) in [5, 5.41) is 3.50. The maximum atomic E-state index is 12.5. The predicted octanol–water partition coefficient (Wildman–Crippen LogP) is 3.54. The number of nitrogens with one attached hydrogen (secondary N) is 1. The Morgan fingerprint density at radius 2 is 2.12 bits per heavy atom. The van der Waals surface area contributed by atoms with Crippen LogP contribution in [-0.2, 0) is 9.59 Å². The Labute approximate surface area is 152 Å². The second kappa shape index (κ2) is 6.96. The van der Waals surface area contributed by atoms with Crippen LogP contribution in [0.4, 0.5) is 5.13 Å². The first kappa shape index (κ1) is 17.6. The standard InChI is InChI=1S/C19H23N3O2S/c1-5-22-10-14(9-16(22)23)18(24)21-19-20-17(13(4)25-19)15-8-11(2)6-7-12(15)3/h6-8,14H,5,9-10H2,1-4H3,(H,20,21,24). The number of anilines is 1. The summed E-state index contributed by atoms with van der Waals surface area (Å²) in [6, 6.07) is 6.29. The molecule has 2 amide bonds. The van der Waals surface area contributed by atoms with E-state index in [4.69, 9.17) is 0 Å². The van der Waals surface area contributed by atoms with Gasteiger partial charge in [-0.05, 0) is 39.3 Å². The van der Waals surface area contributed by atoms with E-state index in [9.17, 15) is 9.59 Å². The minimum Gasteiger partial charge on any atom is -0.342 e. The number of benzene rings is 1. The number of aryl methyl sites for hydroxylation is 3. The summed E-state index contributed by atoms with van der Waals surface area (Å²) in [4.78, 5) is 31.7. The highest BCUT2D eigenvalue weighted by atomic mass is 32.1. The number of nitrogens with zero attached hydrogens (tertiary/aromatic N) is 2. The molecule has 3 rings (SSSR count). The van der Waals surface area contributed by atoms with Gasteiger partial charge in [0.15, 0.2) is 5.13 Å². The van der Waals surface area contributed by atoms with Gasteiger partial charge in [0.25, 0.3) is 0 Å². The van der Waals surface area contributed by atoms with Gasteiger partial charge in [0.2, 0.25) is 11.8 Å². The molecule has 1 fully saturated rings. The highest BCUT2D eigenvalue weighted by Crippen LogP contribution is 2.33. The Bertz CT molecular complexity index is 828. The van der Waals surface area contributed by atoms with Gasteiger partial charge >= 0.3 is 0 Å². The molecule has 1 aliphatic heterocycles. The van der Waals surface area contributed by atoms with E-state index in [1.165, 1.54) is 16.9 Å². The van der Waals surface area contributed by atoms with Crippen LogP contribution in [0.1, 0.15) is 29.3 Å². The van der Waals surface area contributed by atoms with Gasteiger partial charge in [0.05, 0.1) is 11.6 Å². The van der Waals surface area contributed by atoms with Gasteiger partial charge in [-0.15, -0.1) is 11.3 Å². The fourth-order valence-corrected chi connectivity index (χ4v) is 3.98. The fourth-order valence-electron chi connectivity index (χ4n) is 3.15. The number of hydrogen-bond donors (Lipinski definition) is 1. The minimum absolute atomic E-state index is 0.0500. The molecule has 0 aliphatic carbocycles. The molecule has 5 nitrogen and oxygen atoms in total. The third kappa shape index (κ3) is 3.58. The normalized spacial score (nSPS) is 17.2. The van der Waals surface area contributed by atoms with E-state index >= 15 is 0 Å². The molecule has 1 unspecified atom stereocenters. The van der Waals surface area contributed by atoms with Crippen LogP contribution in [-0.4, -0.2) is 34.8 Å². The molecule has 1 saturated heterocycles. The third-order valence-electron chi connectivity index (χ3n) is 4.64. The van der Waals surface area contributed by atoms with Crippen LogP contribution >= 0.6 is 11.3 Å². The number of thiazole rings is 1. The molecule has 1 aromatic carbocycles.